The van der Waals surface area contributed by atoms with Crippen molar-refractivity contribution in [3.8, 4) is 0 Å². The molecule has 0 aliphatic rings. The Morgan fingerprint density at radius 3 is 2.50 bits per heavy atom. The van der Waals surface area contributed by atoms with Crippen molar-refractivity contribution in [1.82, 2.24) is 14.9 Å². The molecule has 1 aromatic heterocycles. The first kappa shape index (κ1) is 12.7. The Labute approximate surface area is 104 Å². The van der Waals surface area contributed by atoms with Crippen LogP contribution in [0.1, 0.15) is 17.3 Å². The molecule has 0 saturated carbocycles. The first-order valence-corrected chi connectivity index (χ1v) is 5.70. The number of rotatable bonds is 4. The van der Waals surface area contributed by atoms with E-state index in [4.69, 9.17) is 0 Å². The summed E-state index contributed by atoms with van der Waals surface area (Å²) in [6.45, 7) is 0. The molecular formula is C13H15F2N3. The Morgan fingerprint density at radius 1 is 1.33 bits per heavy atom. The molecule has 18 heavy (non-hydrogen) atoms. The number of aromatic nitrogens is 2. The van der Waals surface area contributed by atoms with E-state index in [0.29, 0.717) is 0 Å². The maximum absolute atomic E-state index is 13.6. The Morgan fingerprint density at radius 2 is 2.00 bits per heavy atom. The number of likely N-dealkylation sites (N-methyl/N-ethyl adjacent to an activating group) is 1. The van der Waals surface area contributed by atoms with Crippen molar-refractivity contribution in [3.63, 3.8) is 0 Å². The number of nitrogens with one attached hydrogen (secondary N) is 1. The average Bonchev–Trinajstić information content (AvgIpc) is 2.76. The summed E-state index contributed by atoms with van der Waals surface area (Å²) in [5.74, 6) is -1.03. The predicted octanol–water partition coefficient (Wildman–Crippen LogP) is 2.20. The Balaban J connectivity index is 2.29. The number of imidazole rings is 1. The highest BCUT2D eigenvalue weighted by molar-refractivity contribution is 5.22. The molecule has 0 fully saturated rings. The van der Waals surface area contributed by atoms with E-state index in [1.54, 1.807) is 19.6 Å². The van der Waals surface area contributed by atoms with Crippen molar-refractivity contribution >= 4 is 0 Å². The highest BCUT2D eigenvalue weighted by Crippen LogP contribution is 2.21. The lowest BCUT2D eigenvalue weighted by molar-refractivity contribution is 0.501. The molecule has 0 aliphatic heterocycles. The lowest BCUT2D eigenvalue weighted by Gasteiger charge is -2.17. The summed E-state index contributed by atoms with van der Waals surface area (Å²) >= 11 is 0. The van der Waals surface area contributed by atoms with E-state index in [1.165, 1.54) is 18.2 Å². The van der Waals surface area contributed by atoms with E-state index in [-0.39, 0.29) is 18.0 Å². The van der Waals surface area contributed by atoms with Gasteiger partial charge in [-0.2, -0.15) is 0 Å². The molecule has 1 atom stereocenters. The molecular weight excluding hydrogens is 236 g/mol. The molecule has 5 heteroatoms. The molecule has 1 N–H and O–H groups in total. The fraction of sp³-hybridized carbons (Fsp3) is 0.308. The van der Waals surface area contributed by atoms with Crippen LogP contribution in [0.15, 0.2) is 30.7 Å². The van der Waals surface area contributed by atoms with Crippen LogP contribution in [0.4, 0.5) is 8.78 Å². The summed E-state index contributed by atoms with van der Waals surface area (Å²) in [6, 6.07) is 3.74. The third-order valence-corrected chi connectivity index (χ3v) is 3.03. The molecule has 0 bridgehead atoms. The Kier molecular flexibility index (Phi) is 3.72. The number of hydrogen-bond donors (Lipinski definition) is 1. The molecule has 1 unspecified atom stereocenters. The summed E-state index contributed by atoms with van der Waals surface area (Å²) in [6.07, 6.45) is 3.60. The van der Waals surface area contributed by atoms with E-state index >= 15 is 0 Å². The van der Waals surface area contributed by atoms with Gasteiger partial charge in [0.15, 0.2) is 0 Å². The topological polar surface area (TPSA) is 29.9 Å². The summed E-state index contributed by atoms with van der Waals surface area (Å²) in [4.78, 5) is 4.01. The van der Waals surface area contributed by atoms with Gasteiger partial charge >= 0.3 is 0 Å². The van der Waals surface area contributed by atoms with E-state index < -0.39 is 11.6 Å². The van der Waals surface area contributed by atoms with Gasteiger partial charge in [0, 0.05) is 18.8 Å². The monoisotopic (exact) mass is 251 g/mol. The first-order chi connectivity index (χ1) is 8.63. The second-order valence-electron chi connectivity index (χ2n) is 4.18. The predicted molar refractivity (Wildman–Crippen MR) is 65.1 cm³/mol. The summed E-state index contributed by atoms with van der Waals surface area (Å²) in [5.41, 5.74) is 0.984. The van der Waals surface area contributed by atoms with E-state index in [1.807, 2.05) is 11.6 Å². The first-order valence-electron chi connectivity index (χ1n) is 5.70. The van der Waals surface area contributed by atoms with E-state index in [2.05, 4.69) is 10.3 Å². The summed E-state index contributed by atoms with van der Waals surface area (Å²) in [5, 5.41) is 3.05. The van der Waals surface area contributed by atoms with Gasteiger partial charge in [0.05, 0.1) is 18.1 Å². The minimum atomic E-state index is -0.516. The molecule has 0 aliphatic carbocycles. The average molecular weight is 251 g/mol. The van der Waals surface area contributed by atoms with E-state index in [0.717, 1.165) is 5.69 Å². The fourth-order valence-corrected chi connectivity index (χ4v) is 1.99. The minimum Gasteiger partial charge on any atom is -0.336 e. The van der Waals surface area contributed by atoms with Gasteiger partial charge in [-0.05, 0) is 25.6 Å². The van der Waals surface area contributed by atoms with Gasteiger partial charge in [-0.1, -0.05) is 6.07 Å². The van der Waals surface area contributed by atoms with Crippen LogP contribution in [0.3, 0.4) is 0 Å². The molecule has 1 aromatic carbocycles. The second kappa shape index (κ2) is 5.27. The number of halogens is 2. The van der Waals surface area contributed by atoms with Crippen molar-refractivity contribution in [2.24, 2.45) is 7.05 Å². The van der Waals surface area contributed by atoms with Crippen molar-refractivity contribution in [1.29, 1.82) is 0 Å². The van der Waals surface area contributed by atoms with Crippen LogP contribution in [-0.2, 0) is 13.5 Å². The maximum Gasteiger partial charge on any atom is 0.129 e. The normalized spacial score (nSPS) is 12.7. The third-order valence-electron chi connectivity index (χ3n) is 3.03. The van der Waals surface area contributed by atoms with Crippen LogP contribution in [0.5, 0.6) is 0 Å². The minimum absolute atomic E-state index is 0.0954. The quantitative estimate of drug-likeness (QED) is 0.902. The van der Waals surface area contributed by atoms with Crippen molar-refractivity contribution in [2.45, 2.75) is 12.5 Å². The molecule has 0 radical (unpaired) electrons. The smallest absolute Gasteiger partial charge is 0.129 e. The molecule has 3 nitrogen and oxygen atoms in total. The lowest BCUT2D eigenvalue weighted by atomic mass is 10.0. The molecule has 2 rings (SSSR count). The van der Waals surface area contributed by atoms with Crippen molar-refractivity contribution < 1.29 is 8.78 Å². The van der Waals surface area contributed by atoms with Crippen molar-refractivity contribution in [3.05, 3.63) is 53.6 Å². The fourth-order valence-electron chi connectivity index (χ4n) is 1.99. The number of benzene rings is 1. The summed E-state index contributed by atoms with van der Waals surface area (Å²) in [7, 11) is 3.61. The molecule has 96 valence electrons. The molecule has 0 saturated heterocycles. The highest BCUT2D eigenvalue weighted by Gasteiger charge is 2.18. The van der Waals surface area contributed by atoms with Crippen LogP contribution in [0.25, 0.3) is 0 Å². The van der Waals surface area contributed by atoms with Gasteiger partial charge in [-0.25, -0.2) is 13.8 Å². The van der Waals surface area contributed by atoms with Crippen LogP contribution in [-0.4, -0.2) is 16.6 Å². The van der Waals surface area contributed by atoms with Gasteiger partial charge < -0.3 is 9.88 Å². The highest BCUT2D eigenvalue weighted by atomic mass is 19.1. The zero-order chi connectivity index (χ0) is 13.1. The third kappa shape index (κ3) is 2.41. The molecule has 1 heterocycles. The largest absolute Gasteiger partial charge is 0.336 e. The molecule has 2 aromatic rings. The molecule has 0 amide bonds. The SMILES string of the molecule is CNC(Cc1c(F)cccc1F)c1cncn1C. The van der Waals surface area contributed by atoms with Crippen LogP contribution >= 0.6 is 0 Å². The maximum atomic E-state index is 13.6. The second-order valence-corrected chi connectivity index (χ2v) is 4.18. The Bertz CT molecular complexity index is 517. The van der Waals surface area contributed by atoms with Gasteiger partial charge in [-0.15, -0.1) is 0 Å². The lowest BCUT2D eigenvalue weighted by Crippen LogP contribution is -2.22. The van der Waals surface area contributed by atoms with E-state index in [9.17, 15) is 8.78 Å². The van der Waals surface area contributed by atoms with Gasteiger partial charge in [0.1, 0.15) is 11.6 Å². The number of nitrogens with zero attached hydrogens (tertiary/aromatic N) is 2. The van der Waals surface area contributed by atoms with Gasteiger partial charge in [0.25, 0.3) is 0 Å². The zero-order valence-electron chi connectivity index (χ0n) is 10.3. The standard InChI is InChI=1S/C13H15F2N3/c1-16-12(13-7-17-8-18(13)2)6-9-10(14)4-3-5-11(9)15/h3-5,7-8,12,16H,6H2,1-2H3. The Hall–Kier alpha value is -1.75. The van der Waals surface area contributed by atoms with Crippen LogP contribution in [0.2, 0.25) is 0 Å². The van der Waals surface area contributed by atoms with Crippen LogP contribution in [0, 0.1) is 11.6 Å². The van der Waals surface area contributed by atoms with Crippen molar-refractivity contribution in [2.75, 3.05) is 7.05 Å². The van der Waals surface area contributed by atoms with Crippen LogP contribution < -0.4 is 5.32 Å². The molecule has 0 spiro atoms. The van der Waals surface area contributed by atoms with Gasteiger partial charge in [0.2, 0.25) is 0 Å². The number of hydrogen-bond acceptors (Lipinski definition) is 2. The van der Waals surface area contributed by atoms with Gasteiger partial charge in [-0.3, -0.25) is 0 Å². The summed E-state index contributed by atoms with van der Waals surface area (Å²) < 4.78 is 29.0. The zero-order valence-corrected chi connectivity index (χ0v) is 10.3. The number of aryl methyl sites for hydroxylation is 1.